The summed E-state index contributed by atoms with van der Waals surface area (Å²) >= 11 is 5.92. The van der Waals surface area contributed by atoms with Crippen molar-refractivity contribution in [2.24, 2.45) is 0 Å². The molecule has 0 aliphatic heterocycles. The molecule has 6 heteroatoms. The number of amides is 2. The third-order valence-corrected chi connectivity index (χ3v) is 3.11. The van der Waals surface area contributed by atoms with Crippen molar-refractivity contribution >= 4 is 28.7 Å². The third-order valence-electron chi connectivity index (χ3n) is 2.87. The molecule has 0 fully saturated rings. The van der Waals surface area contributed by atoms with E-state index < -0.39 is 0 Å². The lowest BCUT2D eigenvalue weighted by atomic mass is 10.3. The highest BCUT2D eigenvalue weighted by Gasteiger charge is 2.09. The highest BCUT2D eigenvalue weighted by molar-refractivity contribution is 6.16. The predicted octanol–water partition coefficient (Wildman–Crippen LogP) is 2.05. The number of benzene rings is 1. The molecule has 102 valence electrons. The number of nitrogens with zero attached hydrogens (tertiary/aromatic N) is 3. The second-order valence-corrected chi connectivity index (χ2v) is 4.70. The van der Waals surface area contributed by atoms with Crippen LogP contribution in [0, 0.1) is 0 Å². The zero-order chi connectivity index (χ0) is 13.8. The van der Waals surface area contributed by atoms with Gasteiger partial charge in [0.1, 0.15) is 5.82 Å². The van der Waals surface area contributed by atoms with E-state index in [0.717, 1.165) is 16.9 Å². The molecule has 2 rings (SSSR count). The normalized spacial score (nSPS) is 10.7. The maximum atomic E-state index is 11.5. The van der Waals surface area contributed by atoms with Crippen LogP contribution in [0.1, 0.15) is 5.82 Å². The highest BCUT2D eigenvalue weighted by Crippen LogP contribution is 2.16. The van der Waals surface area contributed by atoms with Crippen molar-refractivity contribution in [3.63, 3.8) is 0 Å². The molecule has 0 radical (unpaired) electrons. The zero-order valence-corrected chi connectivity index (χ0v) is 11.8. The minimum atomic E-state index is -0.100. The fraction of sp³-hybridized carbons (Fsp3) is 0.385. The second-order valence-electron chi connectivity index (χ2n) is 4.43. The van der Waals surface area contributed by atoms with Gasteiger partial charge in [-0.15, -0.1) is 11.6 Å². The maximum absolute atomic E-state index is 11.5. The molecule has 0 atom stereocenters. The molecule has 1 aromatic heterocycles. The molecule has 1 heterocycles. The van der Waals surface area contributed by atoms with Gasteiger partial charge in [0.2, 0.25) is 0 Å². The van der Waals surface area contributed by atoms with Gasteiger partial charge in [0.25, 0.3) is 0 Å². The Morgan fingerprint density at radius 1 is 1.42 bits per heavy atom. The van der Waals surface area contributed by atoms with Crippen LogP contribution in [-0.4, -0.2) is 41.1 Å². The summed E-state index contributed by atoms with van der Waals surface area (Å²) in [6.45, 7) is 1.20. The van der Waals surface area contributed by atoms with E-state index >= 15 is 0 Å². The summed E-state index contributed by atoms with van der Waals surface area (Å²) in [5.74, 6) is 1.18. The molecule has 5 nitrogen and oxygen atoms in total. The molecular formula is C13H17ClN4O. The van der Waals surface area contributed by atoms with E-state index in [1.807, 2.05) is 28.8 Å². The predicted molar refractivity (Wildman–Crippen MR) is 76.4 cm³/mol. The Hall–Kier alpha value is -1.75. The minimum Gasteiger partial charge on any atom is -0.336 e. The summed E-state index contributed by atoms with van der Waals surface area (Å²) < 4.78 is 2.04. The van der Waals surface area contributed by atoms with Crippen molar-refractivity contribution in [2.75, 3.05) is 20.6 Å². The number of hydrogen-bond donors (Lipinski definition) is 1. The van der Waals surface area contributed by atoms with Gasteiger partial charge in [0.05, 0.1) is 16.9 Å². The Labute approximate surface area is 117 Å². The van der Waals surface area contributed by atoms with E-state index in [-0.39, 0.29) is 6.03 Å². The Kier molecular flexibility index (Phi) is 4.27. The summed E-state index contributed by atoms with van der Waals surface area (Å²) in [5.41, 5.74) is 1.97. The Balaban J connectivity index is 2.13. The van der Waals surface area contributed by atoms with Crippen LogP contribution >= 0.6 is 11.6 Å². The smallest absolute Gasteiger partial charge is 0.316 e. The average molecular weight is 281 g/mol. The topological polar surface area (TPSA) is 50.2 Å². The van der Waals surface area contributed by atoms with Gasteiger partial charge in [-0.3, -0.25) is 0 Å². The highest BCUT2D eigenvalue weighted by atomic mass is 35.5. The number of rotatable bonds is 4. The number of fused-ring (bicyclic) bond motifs is 1. The number of urea groups is 1. The molecule has 0 saturated carbocycles. The molecule has 0 bridgehead atoms. The number of carbonyl (C=O) groups is 1. The summed E-state index contributed by atoms with van der Waals surface area (Å²) in [4.78, 5) is 17.4. The van der Waals surface area contributed by atoms with Crippen LogP contribution in [0.5, 0.6) is 0 Å². The first-order chi connectivity index (χ1) is 9.13. The number of carbonyl (C=O) groups excluding carboxylic acids is 1. The van der Waals surface area contributed by atoms with Crippen LogP contribution in [0.15, 0.2) is 24.3 Å². The molecule has 0 spiro atoms. The minimum absolute atomic E-state index is 0.100. The number of alkyl halides is 1. The molecule has 0 aliphatic rings. The first-order valence-electron chi connectivity index (χ1n) is 6.08. The molecule has 2 amide bonds. The maximum Gasteiger partial charge on any atom is 0.316 e. The number of hydrogen-bond acceptors (Lipinski definition) is 2. The van der Waals surface area contributed by atoms with E-state index in [0.29, 0.717) is 19.0 Å². The van der Waals surface area contributed by atoms with Gasteiger partial charge < -0.3 is 14.8 Å². The van der Waals surface area contributed by atoms with E-state index in [2.05, 4.69) is 10.3 Å². The number of imidazole rings is 1. The lowest BCUT2D eigenvalue weighted by molar-refractivity contribution is 0.217. The fourth-order valence-corrected chi connectivity index (χ4v) is 2.11. The first-order valence-corrected chi connectivity index (χ1v) is 6.62. The quantitative estimate of drug-likeness (QED) is 0.872. The molecule has 19 heavy (non-hydrogen) atoms. The van der Waals surface area contributed by atoms with Gasteiger partial charge in [-0.1, -0.05) is 12.1 Å². The van der Waals surface area contributed by atoms with Crippen LogP contribution in [0.4, 0.5) is 4.79 Å². The monoisotopic (exact) mass is 280 g/mol. The lowest BCUT2D eigenvalue weighted by Gasteiger charge is -2.13. The van der Waals surface area contributed by atoms with Crippen molar-refractivity contribution in [2.45, 2.75) is 12.4 Å². The van der Waals surface area contributed by atoms with Crippen LogP contribution in [0.3, 0.4) is 0 Å². The summed E-state index contributed by atoms with van der Waals surface area (Å²) in [5, 5.41) is 2.83. The first kappa shape index (κ1) is 13.7. The molecule has 2 aromatic rings. The van der Waals surface area contributed by atoms with E-state index in [1.54, 1.807) is 14.1 Å². The van der Waals surface area contributed by atoms with Crippen molar-refractivity contribution < 1.29 is 4.79 Å². The summed E-state index contributed by atoms with van der Waals surface area (Å²) in [6, 6.07) is 7.78. The van der Waals surface area contributed by atoms with E-state index in [9.17, 15) is 4.79 Å². The van der Waals surface area contributed by atoms with Crippen LogP contribution in [-0.2, 0) is 12.4 Å². The third kappa shape index (κ3) is 2.98. The van der Waals surface area contributed by atoms with E-state index in [4.69, 9.17) is 11.6 Å². The zero-order valence-electron chi connectivity index (χ0n) is 11.1. The van der Waals surface area contributed by atoms with Gasteiger partial charge in [-0.2, -0.15) is 0 Å². The number of aromatic nitrogens is 2. The lowest BCUT2D eigenvalue weighted by Crippen LogP contribution is -2.36. The Morgan fingerprint density at radius 3 is 2.84 bits per heavy atom. The summed E-state index contributed by atoms with van der Waals surface area (Å²) in [7, 11) is 3.43. The van der Waals surface area contributed by atoms with Crippen molar-refractivity contribution in [3.8, 4) is 0 Å². The Morgan fingerprint density at radius 2 is 2.16 bits per heavy atom. The van der Waals surface area contributed by atoms with E-state index in [1.165, 1.54) is 4.90 Å². The van der Waals surface area contributed by atoms with Gasteiger partial charge >= 0.3 is 6.03 Å². The van der Waals surface area contributed by atoms with Gasteiger partial charge in [0, 0.05) is 27.2 Å². The molecule has 1 aromatic carbocycles. The fourth-order valence-electron chi connectivity index (χ4n) is 1.91. The molecule has 0 saturated heterocycles. The van der Waals surface area contributed by atoms with Crippen LogP contribution in [0.2, 0.25) is 0 Å². The standard InChI is InChI=1S/C13H17ClN4O/c1-17(2)13(19)15-7-8-18-11-6-4-3-5-10(11)16-12(18)9-14/h3-6H,7-9H2,1-2H3,(H,15,19). The molecule has 0 aliphatic carbocycles. The Bertz CT molecular complexity index is 579. The molecule has 0 unspecified atom stereocenters. The van der Waals surface area contributed by atoms with Crippen LogP contribution in [0.25, 0.3) is 11.0 Å². The van der Waals surface area contributed by atoms with Gasteiger partial charge in [0.15, 0.2) is 0 Å². The largest absolute Gasteiger partial charge is 0.336 e. The van der Waals surface area contributed by atoms with Gasteiger partial charge in [-0.05, 0) is 12.1 Å². The molecular weight excluding hydrogens is 264 g/mol. The van der Waals surface area contributed by atoms with Crippen molar-refractivity contribution in [3.05, 3.63) is 30.1 Å². The van der Waals surface area contributed by atoms with Crippen molar-refractivity contribution in [1.29, 1.82) is 0 Å². The molecule has 1 N–H and O–H groups in total. The number of nitrogens with one attached hydrogen (secondary N) is 1. The number of halogens is 1. The SMILES string of the molecule is CN(C)C(=O)NCCn1c(CCl)nc2ccccc21. The number of para-hydroxylation sites is 2. The summed E-state index contributed by atoms with van der Waals surface area (Å²) in [6.07, 6.45) is 0. The second kappa shape index (κ2) is 5.93. The van der Waals surface area contributed by atoms with Gasteiger partial charge in [-0.25, -0.2) is 9.78 Å². The van der Waals surface area contributed by atoms with Crippen LogP contribution < -0.4 is 5.32 Å². The average Bonchev–Trinajstić information content (AvgIpc) is 2.76. The van der Waals surface area contributed by atoms with Crippen molar-refractivity contribution in [1.82, 2.24) is 19.8 Å².